The van der Waals surface area contributed by atoms with Crippen molar-refractivity contribution in [1.82, 2.24) is 0 Å². The second kappa shape index (κ2) is 5.85. The number of hydrogen-bond acceptors (Lipinski definition) is 2. The molecule has 3 N–H and O–H groups in total. The van der Waals surface area contributed by atoms with Crippen molar-refractivity contribution in [3.05, 3.63) is 23.3 Å². The molecule has 3 heteroatoms. The van der Waals surface area contributed by atoms with E-state index in [1.54, 1.807) is 0 Å². The number of carbonyl (C=O) groups is 1. The van der Waals surface area contributed by atoms with Crippen molar-refractivity contribution in [2.45, 2.75) is 33.1 Å². The second-order valence-electron chi connectivity index (χ2n) is 4.50. The Kier molecular flexibility index (Phi) is 4.74. The van der Waals surface area contributed by atoms with E-state index < -0.39 is 5.97 Å². The van der Waals surface area contributed by atoms with Crippen molar-refractivity contribution in [2.24, 2.45) is 17.6 Å². The Morgan fingerprint density at radius 2 is 2.12 bits per heavy atom. The Balaban J connectivity index is 2.74. The van der Waals surface area contributed by atoms with Gasteiger partial charge in [0.25, 0.3) is 0 Å². The van der Waals surface area contributed by atoms with Crippen LogP contribution >= 0.6 is 0 Å². The molecule has 2 atom stereocenters. The Labute approximate surface area is 97.0 Å². The van der Waals surface area contributed by atoms with E-state index in [1.165, 1.54) is 12.8 Å². The van der Waals surface area contributed by atoms with Crippen LogP contribution in [0.2, 0.25) is 0 Å². The average Bonchev–Trinajstić information content (AvgIpc) is 2.25. The molecule has 0 amide bonds. The van der Waals surface area contributed by atoms with Crippen molar-refractivity contribution < 1.29 is 9.90 Å². The highest BCUT2D eigenvalue weighted by Gasteiger charge is 2.25. The molecule has 0 bridgehead atoms. The summed E-state index contributed by atoms with van der Waals surface area (Å²) in [5.74, 6) is 0.501. The van der Waals surface area contributed by atoms with Crippen molar-refractivity contribution in [3.63, 3.8) is 0 Å². The van der Waals surface area contributed by atoms with Gasteiger partial charge < -0.3 is 10.8 Å². The van der Waals surface area contributed by atoms with Crippen LogP contribution in [0.15, 0.2) is 23.3 Å². The van der Waals surface area contributed by atoms with E-state index in [2.05, 4.69) is 13.0 Å². The third-order valence-corrected chi connectivity index (χ3v) is 3.42. The maximum Gasteiger partial charge on any atom is 0.307 e. The normalized spacial score (nSPS) is 26.4. The largest absolute Gasteiger partial charge is 0.481 e. The zero-order valence-electron chi connectivity index (χ0n) is 10.1. The topological polar surface area (TPSA) is 63.3 Å². The number of carboxylic acid groups (broad SMARTS) is 1. The molecule has 0 aromatic rings. The zero-order valence-corrected chi connectivity index (χ0v) is 10.1. The van der Waals surface area contributed by atoms with Crippen LogP contribution in [-0.2, 0) is 4.79 Å². The molecule has 0 radical (unpaired) electrons. The number of carboxylic acids is 1. The van der Waals surface area contributed by atoms with Gasteiger partial charge in [0, 0.05) is 6.54 Å². The summed E-state index contributed by atoms with van der Waals surface area (Å²) in [7, 11) is 0. The lowest BCUT2D eigenvalue weighted by molar-refractivity contribution is -0.136. The maximum absolute atomic E-state index is 10.7. The van der Waals surface area contributed by atoms with E-state index >= 15 is 0 Å². The first kappa shape index (κ1) is 13.0. The van der Waals surface area contributed by atoms with E-state index in [0.717, 1.165) is 11.1 Å². The number of allylic oxidation sites excluding steroid dienone is 2. The summed E-state index contributed by atoms with van der Waals surface area (Å²) < 4.78 is 0. The first-order chi connectivity index (χ1) is 7.58. The molecule has 1 aliphatic rings. The van der Waals surface area contributed by atoms with Gasteiger partial charge >= 0.3 is 5.97 Å². The molecule has 1 aliphatic carbocycles. The van der Waals surface area contributed by atoms with Crippen LogP contribution in [0.3, 0.4) is 0 Å². The second-order valence-corrected chi connectivity index (χ2v) is 4.50. The minimum atomic E-state index is -0.797. The van der Waals surface area contributed by atoms with E-state index in [1.807, 2.05) is 13.0 Å². The lowest BCUT2D eigenvalue weighted by Gasteiger charge is -2.32. The van der Waals surface area contributed by atoms with E-state index in [9.17, 15) is 4.79 Å². The van der Waals surface area contributed by atoms with Crippen molar-refractivity contribution in [3.8, 4) is 0 Å². The first-order valence-corrected chi connectivity index (χ1v) is 5.86. The van der Waals surface area contributed by atoms with Gasteiger partial charge in [0.2, 0.25) is 0 Å². The summed E-state index contributed by atoms with van der Waals surface area (Å²) >= 11 is 0. The predicted octanol–water partition coefficient (Wildman–Crippen LogP) is 2.34. The van der Waals surface area contributed by atoms with Gasteiger partial charge in [-0.25, -0.2) is 0 Å². The average molecular weight is 223 g/mol. The molecule has 1 saturated carbocycles. The van der Waals surface area contributed by atoms with Crippen LogP contribution in [-0.4, -0.2) is 17.6 Å². The molecule has 0 aromatic carbocycles. The number of aliphatic carboxylic acids is 1. The summed E-state index contributed by atoms with van der Waals surface area (Å²) in [5.41, 5.74) is 7.55. The fraction of sp³-hybridized carbons (Fsp3) is 0.615. The van der Waals surface area contributed by atoms with Gasteiger partial charge in [-0.1, -0.05) is 19.1 Å². The molecule has 90 valence electrons. The van der Waals surface area contributed by atoms with Gasteiger partial charge in [-0.3, -0.25) is 4.79 Å². The minimum absolute atomic E-state index is 0.0701. The zero-order chi connectivity index (χ0) is 12.1. The molecule has 1 rings (SSSR count). The van der Waals surface area contributed by atoms with Crippen LogP contribution in [0.1, 0.15) is 33.1 Å². The SMILES string of the molecule is C/C=C(CC(=O)O)\C(=C/C1CCC1C)CN. The highest BCUT2D eigenvalue weighted by Crippen LogP contribution is 2.36. The fourth-order valence-electron chi connectivity index (χ4n) is 2.07. The Morgan fingerprint density at radius 3 is 2.44 bits per heavy atom. The minimum Gasteiger partial charge on any atom is -0.481 e. The quantitative estimate of drug-likeness (QED) is 0.703. The molecule has 1 fully saturated rings. The Bertz CT molecular complexity index is 318. The van der Waals surface area contributed by atoms with Crippen molar-refractivity contribution in [2.75, 3.05) is 6.54 Å². The van der Waals surface area contributed by atoms with Gasteiger partial charge in [0.15, 0.2) is 0 Å². The van der Waals surface area contributed by atoms with Crippen LogP contribution < -0.4 is 5.73 Å². The maximum atomic E-state index is 10.7. The fourth-order valence-corrected chi connectivity index (χ4v) is 2.07. The van der Waals surface area contributed by atoms with Gasteiger partial charge in [-0.2, -0.15) is 0 Å². The van der Waals surface area contributed by atoms with Crippen molar-refractivity contribution >= 4 is 5.97 Å². The first-order valence-electron chi connectivity index (χ1n) is 5.86. The molecular formula is C13H21NO2. The lowest BCUT2D eigenvalue weighted by atomic mass is 9.73. The smallest absolute Gasteiger partial charge is 0.307 e. The Hall–Kier alpha value is -1.09. The molecule has 0 heterocycles. The highest BCUT2D eigenvalue weighted by molar-refractivity contribution is 5.71. The van der Waals surface area contributed by atoms with E-state index in [0.29, 0.717) is 18.4 Å². The predicted molar refractivity (Wildman–Crippen MR) is 65.0 cm³/mol. The van der Waals surface area contributed by atoms with E-state index in [-0.39, 0.29) is 6.42 Å². The van der Waals surface area contributed by atoms with Crippen LogP contribution in [0.4, 0.5) is 0 Å². The van der Waals surface area contributed by atoms with Gasteiger partial charge in [-0.15, -0.1) is 0 Å². The van der Waals surface area contributed by atoms with E-state index in [4.69, 9.17) is 10.8 Å². The molecule has 0 spiro atoms. The monoisotopic (exact) mass is 223 g/mol. The molecular weight excluding hydrogens is 202 g/mol. The number of rotatable bonds is 5. The molecule has 0 saturated heterocycles. The van der Waals surface area contributed by atoms with Crippen LogP contribution in [0.25, 0.3) is 0 Å². The standard InChI is InChI=1S/C13H21NO2/c1-3-10(7-13(15)16)12(8-14)6-11-5-4-9(11)2/h3,6,9,11H,4-5,7-8,14H2,1-2H3,(H,15,16)/b10-3-,12-6-. The van der Waals surface area contributed by atoms with Gasteiger partial charge in [0.05, 0.1) is 6.42 Å². The van der Waals surface area contributed by atoms with Crippen LogP contribution in [0, 0.1) is 11.8 Å². The molecule has 3 nitrogen and oxygen atoms in total. The summed E-state index contributed by atoms with van der Waals surface area (Å²) in [6, 6.07) is 0. The molecule has 0 aliphatic heterocycles. The molecule has 2 unspecified atom stereocenters. The third kappa shape index (κ3) is 3.20. The summed E-state index contributed by atoms with van der Waals surface area (Å²) in [4.78, 5) is 10.7. The molecule has 0 aromatic heterocycles. The highest BCUT2D eigenvalue weighted by atomic mass is 16.4. The summed E-state index contributed by atoms with van der Waals surface area (Å²) in [6.45, 7) is 4.52. The third-order valence-electron chi connectivity index (χ3n) is 3.42. The number of hydrogen-bond donors (Lipinski definition) is 2. The van der Waals surface area contributed by atoms with Gasteiger partial charge in [0.1, 0.15) is 0 Å². The Morgan fingerprint density at radius 1 is 1.44 bits per heavy atom. The summed E-state index contributed by atoms with van der Waals surface area (Å²) in [6.07, 6.45) is 6.57. The van der Waals surface area contributed by atoms with Gasteiger partial charge in [-0.05, 0) is 42.7 Å². The molecule has 16 heavy (non-hydrogen) atoms. The van der Waals surface area contributed by atoms with Crippen LogP contribution in [0.5, 0.6) is 0 Å². The summed E-state index contributed by atoms with van der Waals surface area (Å²) in [5, 5.41) is 8.81. The lowest BCUT2D eigenvalue weighted by Crippen LogP contribution is -2.22. The van der Waals surface area contributed by atoms with Crippen molar-refractivity contribution in [1.29, 1.82) is 0 Å². The number of nitrogens with two attached hydrogens (primary N) is 1.